The molecule has 1 aliphatic heterocycles. The van der Waals surface area contributed by atoms with Crippen molar-refractivity contribution in [3.05, 3.63) is 59.7 Å². The first-order valence-corrected chi connectivity index (χ1v) is 10.2. The van der Waals surface area contributed by atoms with E-state index in [1.54, 1.807) is 43.5 Å². The van der Waals surface area contributed by atoms with E-state index in [9.17, 15) is 9.18 Å². The van der Waals surface area contributed by atoms with Crippen LogP contribution in [-0.2, 0) is 6.42 Å². The molecule has 0 aliphatic carbocycles. The molecule has 3 aromatic rings. The Morgan fingerprint density at radius 2 is 2.03 bits per heavy atom. The Kier molecular flexibility index (Phi) is 6.16. The van der Waals surface area contributed by atoms with Crippen molar-refractivity contribution in [3.8, 4) is 22.9 Å². The van der Waals surface area contributed by atoms with E-state index in [0.29, 0.717) is 48.0 Å². The van der Waals surface area contributed by atoms with Crippen LogP contribution in [0.3, 0.4) is 0 Å². The summed E-state index contributed by atoms with van der Waals surface area (Å²) in [6.07, 6.45) is 2.34. The summed E-state index contributed by atoms with van der Waals surface area (Å²) in [6, 6.07) is 11.6. The Morgan fingerprint density at radius 1 is 1.19 bits per heavy atom. The number of halogens is 1. The molecule has 31 heavy (non-hydrogen) atoms. The highest BCUT2D eigenvalue weighted by Crippen LogP contribution is 2.32. The lowest BCUT2D eigenvalue weighted by Crippen LogP contribution is -2.40. The zero-order valence-electron chi connectivity index (χ0n) is 17.5. The summed E-state index contributed by atoms with van der Waals surface area (Å²) in [5, 5.41) is 3.92. The highest BCUT2D eigenvalue weighted by Gasteiger charge is 2.28. The van der Waals surface area contributed by atoms with Gasteiger partial charge in [-0.25, -0.2) is 4.39 Å². The van der Waals surface area contributed by atoms with Crippen LogP contribution in [0.5, 0.6) is 11.5 Å². The molecule has 1 saturated heterocycles. The predicted octanol–water partition coefficient (Wildman–Crippen LogP) is 3.99. The lowest BCUT2D eigenvalue weighted by Gasteiger charge is -2.32. The molecular weight excluding hydrogens is 401 g/mol. The maximum atomic E-state index is 14.0. The third-order valence-electron chi connectivity index (χ3n) is 5.49. The third kappa shape index (κ3) is 4.38. The fraction of sp³-hybridized carbons (Fsp3) is 0.348. The van der Waals surface area contributed by atoms with Crippen LogP contribution in [0, 0.1) is 11.7 Å². The molecule has 4 rings (SSSR count). The summed E-state index contributed by atoms with van der Waals surface area (Å²) in [4.78, 5) is 19.3. The molecule has 1 atom stereocenters. The van der Waals surface area contributed by atoms with Gasteiger partial charge in [0, 0.05) is 19.5 Å². The largest absolute Gasteiger partial charge is 0.493 e. The molecule has 1 fully saturated rings. The molecule has 162 valence electrons. The second-order valence-corrected chi connectivity index (χ2v) is 7.50. The fourth-order valence-electron chi connectivity index (χ4n) is 3.98. The highest BCUT2D eigenvalue weighted by molar-refractivity contribution is 5.97. The number of likely N-dealkylation sites (tertiary alicyclic amines) is 1. The SMILES string of the molecule is COc1cccc(C(=O)N2CCCC(Cc3nc(-c4ccccc4F)no3)C2)c1OC. The van der Waals surface area contributed by atoms with Crippen LogP contribution in [-0.4, -0.2) is 48.3 Å². The third-order valence-corrected chi connectivity index (χ3v) is 5.49. The summed E-state index contributed by atoms with van der Waals surface area (Å²) >= 11 is 0. The van der Waals surface area contributed by atoms with Gasteiger partial charge in [-0.1, -0.05) is 23.4 Å². The molecule has 0 saturated carbocycles. The number of carbonyl (C=O) groups excluding carboxylic acids is 1. The standard InChI is InChI=1S/C23H24FN3O4/c1-29-19-11-5-9-17(21(19)30-2)23(28)27-12-6-7-15(14-27)13-20-25-22(26-31-20)16-8-3-4-10-18(16)24/h3-5,8-11,15H,6-7,12-14H2,1-2H3. The van der Waals surface area contributed by atoms with Crippen molar-refractivity contribution >= 4 is 5.91 Å². The summed E-state index contributed by atoms with van der Waals surface area (Å²) in [5.41, 5.74) is 0.783. The molecule has 2 aromatic carbocycles. The molecule has 0 spiro atoms. The molecule has 1 aliphatic rings. The predicted molar refractivity (Wildman–Crippen MR) is 112 cm³/mol. The number of methoxy groups -OCH3 is 2. The Bertz CT molecular complexity index is 1070. The first-order valence-electron chi connectivity index (χ1n) is 10.2. The van der Waals surface area contributed by atoms with Crippen molar-refractivity contribution in [1.29, 1.82) is 0 Å². The summed E-state index contributed by atoms with van der Waals surface area (Å²) in [7, 11) is 3.07. The minimum atomic E-state index is -0.392. The normalized spacial score (nSPS) is 16.2. The maximum Gasteiger partial charge on any atom is 0.257 e. The number of nitrogens with zero attached hydrogens (tertiary/aromatic N) is 3. The zero-order valence-corrected chi connectivity index (χ0v) is 17.5. The number of para-hydroxylation sites is 1. The number of hydrogen-bond donors (Lipinski definition) is 0. The van der Waals surface area contributed by atoms with Gasteiger partial charge in [-0.15, -0.1) is 0 Å². The fourth-order valence-corrected chi connectivity index (χ4v) is 3.98. The zero-order chi connectivity index (χ0) is 21.8. The smallest absolute Gasteiger partial charge is 0.257 e. The van der Waals surface area contributed by atoms with Gasteiger partial charge in [0.25, 0.3) is 5.91 Å². The van der Waals surface area contributed by atoms with E-state index < -0.39 is 5.82 Å². The van der Waals surface area contributed by atoms with Gasteiger partial charge < -0.3 is 18.9 Å². The Hall–Kier alpha value is -3.42. The van der Waals surface area contributed by atoms with Crippen LogP contribution in [0.25, 0.3) is 11.4 Å². The van der Waals surface area contributed by atoms with Crippen LogP contribution in [0.1, 0.15) is 29.1 Å². The first kappa shape index (κ1) is 20.8. The average Bonchev–Trinajstić information content (AvgIpc) is 3.26. The van der Waals surface area contributed by atoms with Crippen molar-refractivity contribution in [3.63, 3.8) is 0 Å². The summed E-state index contributed by atoms with van der Waals surface area (Å²) < 4.78 is 30.1. The van der Waals surface area contributed by atoms with Crippen molar-refractivity contribution in [1.82, 2.24) is 15.0 Å². The summed E-state index contributed by atoms with van der Waals surface area (Å²) in [6.45, 7) is 1.23. The minimum Gasteiger partial charge on any atom is -0.493 e. The highest BCUT2D eigenvalue weighted by atomic mass is 19.1. The number of carbonyl (C=O) groups is 1. The van der Waals surface area contributed by atoms with E-state index in [1.165, 1.54) is 13.2 Å². The molecule has 1 amide bonds. The van der Waals surface area contributed by atoms with E-state index >= 15 is 0 Å². The second-order valence-electron chi connectivity index (χ2n) is 7.50. The Labute approximate surface area is 179 Å². The monoisotopic (exact) mass is 425 g/mol. The van der Waals surface area contributed by atoms with Crippen molar-refractivity contribution in [2.24, 2.45) is 5.92 Å². The van der Waals surface area contributed by atoms with Crippen LogP contribution in [0.2, 0.25) is 0 Å². The Morgan fingerprint density at radius 3 is 2.81 bits per heavy atom. The number of benzene rings is 2. The van der Waals surface area contributed by atoms with Gasteiger partial charge in [-0.2, -0.15) is 4.98 Å². The van der Waals surface area contributed by atoms with Gasteiger partial charge in [0.2, 0.25) is 11.7 Å². The molecule has 1 aromatic heterocycles. The number of piperidine rings is 1. The molecule has 1 unspecified atom stereocenters. The lowest BCUT2D eigenvalue weighted by molar-refractivity contribution is 0.0664. The molecule has 8 heteroatoms. The Balaban J connectivity index is 1.46. The molecule has 7 nitrogen and oxygen atoms in total. The van der Waals surface area contributed by atoms with Gasteiger partial charge in [-0.3, -0.25) is 4.79 Å². The first-order chi connectivity index (χ1) is 15.1. The van der Waals surface area contributed by atoms with Crippen LogP contribution in [0.4, 0.5) is 4.39 Å². The molecule has 0 N–H and O–H groups in total. The molecule has 2 heterocycles. The lowest BCUT2D eigenvalue weighted by atomic mass is 9.94. The van der Waals surface area contributed by atoms with E-state index in [2.05, 4.69) is 10.1 Å². The maximum absolute atomic E-state index is 14.0. The molecular formula is C23H24FN3O4. The van der Waals surface area contributed by atoms with Crippen LogP contribution >= 0.6 is 0 Å². The van der Waals surface area contributed by atoms with Gasteiger partial charge in [0.05, 0.1) is 25.3 Å². The van der Waals surface area contributed by atoms with Crippen molar-refractivity contribution in [2.75, 3.05) is 27.3 Å². The van der Waals surface area contributed by atoms with E-state index in [0.717, 1.165) is 12.8 Å². The van der Waals surface area contributed by atoms with E-state index in [4.69, 9.17) is 14.0 Å². The van der Waals surface area contributed by atoms with Gasteiger partial charge in [-0.05, 0) is 43.0 Å². The van der Waals surface area contributed by atoms with Crippen LogP contribution in [0.15, 0.2) is 47.0 Å². The summed E-state index contributed by atoms with van der Waals surface area (Å²) in [5.74, 6) is 1.31. The minimum absolute atomic E-state index is 0.0991. The van der Waals surface area contributed by atoms with E-state index in [1.807, 2.05) is 4.90 Å². The average molecular weight is 425 g/mol. The van der Waals surface area contributed by atoms with Crippen molar-refractivity contribution in [2.45, 2.75) is 19.3 Å². The second kappa shape index (κ2) is 9.16. The molecule has 0 radical (unpaired) electrons. The number of ether oxygens (including phenoxy) is 2. The topological polar surface area (TPSA) is 77.7 Å². The number of aromatic nitrogens is 2. The van der Waals surface area contributed by atoms with Gasteiger partial charge >= 0.3 is 0 Å². The van der Waals surface area contributed by atoms with Crippen LogP contribution < -0.4 is 9.47 Å². The molecule has 0 bridgehead atoms. The van der Waals surface area contributed by atoms with Gasteiger partial charge in [0.1, 0.15) is 5.82 Å². The quantitative estimate of drug-likeness (QED) is 0.594. The van der Waals surface area contributed by atoms with E-state index in [-0.39, 0.29) is 17.6 Å². The number of rotatable bonds is 6. The number of hydrogen-bond acceptors (Lipinski definition) is 6. The van der Waals surface area contributed by atoms with Crippen molar-refractivity contribution < 1.29 is 23.2 Å². The van der Waals surface area contributed by atoms with Gasteiger partial charge in [0.15, 0.2) is 11.5 Å². The number of amides is 1.